The van der Waals surface area contributed by atoms with Crippen molar-refractivity contribution < 1.29 is 23.8 Å². The van der Waals surface area contributed by atoms with Gasteiger partial charge in [0.25, 0.3) is 5.91 Å². The highest BCUT2D eigenvalue weighted by Crippen LogP contribution is 2.34. The highest BCUT2D eigenvalue weighted by Gasteiger charge is 2.36. The molecule has 4 aromatic carbocycles. The molecule has 5 aromatic rings. The van der Waals surface area contributed by atoms with Gasteiger partial charge in [-0.3, -0.25) is 4.79 Å². The number of halogens is 1. The fourth-order valence-electron chi connectivity index (χ4n) is 5.33. The van der Waals surface area contributed by atoms with Crippen molar-refractivity contribution in [2.45, 2.75) is 51.7 Å². The van der Waals surface area contributed by atoms with Gasteiger partial charge in [-0.2, -0.15) is 0 Å². The maximum absolute atomic E-state index is 13.6. The van der Waals surface area contributed by atoms with Gasteiger partial charge in [0.15, 0.2) is 0 Å². The minimum absolute atomic E-state index is 0.0507. The van der Waals surface area contributed by atoms with E-state index in [9.17, 15) is 14.7 Å². The average Bonchev–Trinajstić information content (AvgIpc) is 3.39. The molecule has 1 heterocycles. The van der Waals surface area contributed by atoms with Crippen LogP contribution in [-0.4, -0.2) is 34.5 Å². The van der Waals surface area contributed by atoms with Crippen LogP contribution >= 0.6 is 15.9 Å². The molecule has 1 aromatic heterocycles. The topological polar surface area (TPSA) is 80.0 Å². The molecule has 0 spiro atoms. The van der Waals surface area contributed by atoms with E-state index in [-0.39, 0.29) is 12.3 Å². The van der Waals surface area contributed by atoms with Crippen molar-refractivity contribution >= 4 is 38.8 Å². The van der Waals surface area contributed by atoms with E-state index < -0.39 is 11.6 Å². The number of benzene rings is 4. The molecule has 6 nitrogen and oxygen atoms in total. The Morgan fingerprint density at radius 3 is 2.27 bits per heavy atom. The Hall–Kier alpha value is -4.36. The smallest absolute Gasteiger partial charge is 0.348 e. The minimum Gasteiger partial charge on any atom is -0.478 e. The number of aliphatic carboxylic acids is 1. The Balaban J connectivity index is 1.29. The summed E-state index contributed by atoms with van der Waals surface area (Å²) in [6, 6.07) is 30.9. The standard InChI is InChI=1S/C37H36BrNO5/c1-4-5-14-33-34(29-13-9-10-15-31(29)43-33)35(40)39(3)24-26-16-18-27(19-17-26)28-20-21-32(30(38)22-28)44-37(2,36(41)42)23-25-11-7-6-8-12-25/h6-13,15-22H,4-5,14,23-24H2,1-3H3,(H,41,42). The summed E-state index contributed by atoms with van der Waals surface area (Å²) in [5.41, 5.74) is 3.79. The third-order valence-corrected chi connectivity index (χ3v) is 8.42. The van der Waals surface area contributed by atoms with Gasteiger partial charge in [-0.25, -0.2) is 4.79 Å². The third-order valence-electron chi connectivity index (χ3n) is 7.80. The molecule has 226 valence electrons. The minimum atomic E-state index is -1.43. The number of para-hydroxylation sites is 1. The van der Waals surface area contributed by atoms with Crippen molar-refractivity contribution in [1.29, 1.82) is 0 Å². The number of fused-ring (bicyclic) bond motifs is 1. The number of carboxylic acids is 1. The summed E-state index contributed by atoms with van der Waals surface area (Å²) in [6.07, 6.45) is 2.94. The van der Waals surface area contributed by atoms with E-state index in [1.165, 1.54) is 0 Å². The van der Waals surface area contributed by atoms with Gasteiger partial charge in [0.05, 0.1) is 10.0 Å². The summed E-state index contributed by atoms with van der Waals surface area (Å²) in [4.78, 5) is 27.6. The zero-order valence-corrected chi connectivity index (χ0v) is 26.8. The number of hydrogen-bond acceptors (Lipinski definition) is 4. The van der Waals surface area contributed by atoms with Crippen molar-refractivity contribution in [3.05, 3.63) is 124 Å². The van der Waals surface area contributed by atoms with Crippen LogP contribution in [0.3, 0.4) is 0 Å². The van der Waals surface area contributed by atoms with Gasteiger partial charge in [0.2, 0.25) is 5.60 Å². The molecule has 0 aliphatic carbocycles. The van der Waals surface area contributed by atoms with E-state index in [0.29, 0.717) is 22.3 Å². The van der Waals surface area contributed by atoms with Gasteiger partial charge in [-0.15, -0.1) is 0 Å². The van der Waals surface area contributed by atoms with E-state index in [0.717, 1.165) is 58.2 Å². The lowest BCUT2D eigenvalue weighted by Gasteiger charge is -2.27. The quantitative estimate of drug-likeness (QED) is 0.145. The van der Waals surface area contributed by atoms with Crippen molar-refractivity contribution in [2.24, 2.45) is 0 Å². The molecule has 1 N–H and O–H groups in total. The molecule has 0 aliphatic heterocycles. The van der Waals surface area contributed by atoms with E-state index in [2.05, 4.69) is 22.9 Å². The fraction of sp³-hybridized carbons (Fsp3) is 0.243. The molecule has 0 radical (unpaired) electrons. The normalized spacial score (nSPS) is 12.5. The van der Waals surface area contributed by atoms with Gasteiger partial charge < -0.3 is 19.2 Å². The lowest BCUT2D eigenvalue weighted by molar-refractivity contribution is -0.153. The largest absolute Gasteiger partial charge is 0.478 e. The lowest BCUT2D eigenvalue weighted by atomic mass is 9.96. The first-order valence-electron chi connectivity index (χ1n) is 14.8. The van der Waals surface area contributed by atoms with Crippen LogP contribution in [-0.2, 0) is 24.2 Å². The number of unbranched alkanes of at least 4 members (excludes halogenated alkanes) is 1. The molecule has 44 heavy (non-hydrogen) atoms. The first-order chi connectivity index (χ1) is 21.2. The average molecular weight is 655 g/mol. The Morgan fingerprint density at radius 1 is 0.909 bits per heavy atom. The number of carboxylic acid groups (broad SMARTS) is 1. The Kier molecular flexibility index (Phi) is 9.55. The second kappa shape index (κ2) is 13.5. The van der Waals surface area contributed by atoms with Crippen molar-refractivity contribution in [2.75, 3.05) is 7.05 Å². The number of rotatable bonds is 12. The van der Waals surface area contributed by atoms with Crippen LogP contribution in [0, 0.1) is 0 Å². The number of ether oxygens (including phenoxy) is 1. The highest BCUT2D eigenvalue weighted by molar-refractivity contribution is 9.10. The number of amides is 1. The first-order valence-corrected chi connectivity index (χ1v) is 15.6. The molecule has 0 saturated carbocycles. The number of carbonyl (C=O) groups is 2. The molecule has 1 amide bonds. The molecule has 0 saturated heterocycles. The van der Waals surface area contributed by atoms with Crippen LogP contribution in [0.2, 0.25) is 0 Å². The Labute approximate surface area is 266 Å². The van der Waals surface area contributed by atoms with Crippen LogP contribution in [0.1, 0.15) is 53.9 Å². The summed E-state index contributed by atoms with van der Waals surface area (Å²) < 4.78 is 12.8. The fourth-order valence-corrected chi connectivity index (χ4v) is 5.79. The Morgan fingerprint density at radius 2 is 1.59 bits per heavy atom. The molecule has 7 heteroatoms. The highest BCUT2D eigenvalue weighted by atomic mass is 79.9. The number of hydrogen-bond donors (Lipinski definition) is 1. The van der Waals surface area contributed by atoms with Crippen LogP contribution in [0.5, 0.6) is 5.75 Å². The van der Waals surface area contributed by atoms with E-state index in [1.807, 2.05) is 98.0 Å². The molecule has 1 unspecified atom stereocenters. The number of nitrogens with zero attached hydrogens (tertiary/aromatic N) is 1. The SMILES string of the molecule is CCCCc1oc2ccccc2c1C(=O)N(C)Cc1ccc(-c2ccc(OC(C)(Cc3ccccc3)C(=O)O)c(Br)c2)cc1. The summed E-state index contributed by atoms with van der Waals surface area (Å²) in [5, 5.41) is 10.8. The van der Waals surface area contributed by atoms with Crippen molar-refractivity contribution in [3.63, 3.8) is 0 Å². The van der Waals surface area contributed by atoms with Crippen molar-refractivity contribution in [3.8, 4) is 16.9 Å². The summed E-state index contributed by atoms with van der Waals surface area (Å²) in [6.45, 7) is 4.17. The number of furan rings is 1. The second-order valence-corrected chi connectivity index (χ2v) is 12.2. The van der Waals surface area contributed by atoms with Gasteiger partial charge in [0.1, 0.15) is 17.1 Å². The van der Waals surface area contributed by atoms with Gasteiger partial charge in [0, 0.05) is 31.8 Å². The van der Waals surface area contributed by atoms with E-state index in [4.69, 9.17) is 9.15 Å². The third kappa shape index (κ3) is 6.89. The number of aryl methyl sites for hydroxylation is 1. The van der Waals surface area contributed by atoms with Crippen LogP contribution < -0.4 is 4.74 Å². The zero-order chi connectivity index (χ0) is 31.3. The molecular weight excluding hydrogens is 618 g/mol. The van der Waals surface area contributed by atoms with Crippen LogP contribution in [0.15, 0.2) is 106 Å². The lowest BCUT2D eigenvalue weighted by Crippen LogP contribution is -2.43. The maximum Gasteiger partial charge on any atom is 0.348 e. The summed E-state index contributed by atoms with van der Waals surface area (Å²) in [7, 11) is 1.82. The zero-order valence-electron chi connectivity index (χ0n) is 25.2. The maximum atomic E-state index is 13.6. The van der Waals surface area contributed by atoms with Crippen LogP contribution in [0.4, 0.5) is 0 Å². The summed E-state index contributed by atoms with van der Waals surface area (Å²) in [5.74, 6) is 0.123. The number of carbonyl (C=O) groups excluding carboxylic acids is 1. The second-order valence-electron chi connectivity index (χ2n) is 11.3. The molecule has 5 rings (SSSR count). The molecule has 1 atom stereocenters. The van der Waals surface area contributed by atoms with E-state index >= 15 is 0 Å². The van der Waals surface area contributed by atoms with E-state index in [1.54, 1.807) is 17.9 Å². The van der Waals surface area contributed by atoms with Gasteiger partial charge >= 0.3 is 5.97 Å². The van der Waals surface area contributed by atoms with Gasteiger partial charge in [-0.05, 0) is 69.7 Å². The summed E-state index contributed by atoms with van der Waals surface area (Å²) >= 11 is 3.58. The van der Waals surface area contributed by atoms with Crippen molar-refractivity contribution in [1.82, 2.24) is 4.90 Å². The van der Waals surface area contributed by atoms with Gasteiger partial charge in [-0.1, -0.05) is 92.2 Å². The molecule has 0 fully saturated rings. The molecular formula is C37H36BrNO5. The molecule has 0 aliphatic rings. The van der Waals surface area contributed by atoms with Crippen LogP contribution in [0.25, 0.3) is 22.1 Å². The predicted molar refractivity (Wildman–Crippen MR) is 177 cm³/mol. The molecule has 0 bridgehead atoms. The predicted octanol–water partition coefficient (Wildman–Crippen LogP) is 8.94. The Bertz CT molecular complexity index is 1760. The first kappa shape index (κ1) is 31.1. The monoisotopic (exact) mass is 653 g/mol.